The zero-order valence-corrected chi connectivity index (χ0v) is 15.3. The molecule has 0 unspecified atom stereocenters. The number of aromatic amines is 1. The van der Waals surface area contributed by atoms with E-state index < -0.39 is 10.0 Å². The summed E-state index contributed by atoms with van der Waals surface area (Å²) < 4.78 is 23.4. The fraction of sp³-hybridized carbons (Fsp3) is 0.375. The summed E-state index contributed by atoms with van der Waals surface area (Å²) in [6.07, 6.45) is 9.40. The van der Waals surface area contributed by atoms with Crippen LogP contribution < -0.4 is 5.73 Å². The van der Waals surface area contributed by atoms with Crippen LogP contribution in [0.25, 0.3) is 22.4 Å². The van der Waals surface area contributed by atoms with Crippen LogP contribution in [0.2, 0.25) is 0 Å². The number of pyridine rings is 1. The summed E-state index contributed by atoms with van der Waals surface area (Å²) in [7, 11) is -2.89. The van der Waals surface area contributed by atoms with Crippen molar-refractivity contribution in [1.29, 1.82) is 0 Å². The maximum atomic E-state index is 10.9. The Labute approximate surface area is 151 Å². The number of nitrogen functional groups attached to an aromatic ring is 1. The Morgan fingerprint density at radius 1 is 1.15 bits per heavy atom. The van der Waals surface area contributed by atoms with Gasteiger partial charge in [0.2, 0.25) is 10.0 Å². The highest BCUT2D eigenvalue weighted by atomic mass is 32.2. The van der Waals surface area contributed by atoms with Gasteiger partial charge in [0.1, 0.15) is 11.3 Å². The predicted octanol–water partition coefficient (Wildman–Crippen LogP) is 1.43. The van der Waals surface area contributed by atoms with Gasteiger partial charge in [-0.25, -0.2) is 27.7 Å². The summed E-state index contributed by atoms with van der Waals surface area (Å²) in [4.78, 5) is 12.6. The zero-order valence-electron chi connectivity index (χ0n) is 14.5. The second kappa shape index (κ2) is 7.75. The summed E-state index contributed by atoms with van der Waals surface area (Å²) in [5.41, 5.74) is 8.61. The number of fused-ring (bicyclic) bond motifs is 1. The number of H-pyrrole nitrogens is 1. The first-order valence-corrected chi connectivity index (χ1v) is 10.1. The molecule has 3 aromatic rings. The van der Waals surface area contributed by atoms with Crippen molar-refractivity contribution in [1.82, 2.24) is 29.5 Å². The first-order chi connectivity index (χ1) is 12.4. The monoisotopic (exact) mass is 375 g/mol. The highest BCUT2D eigenvalue weighted by Gasteiger charge is 2.18. The molecular weight excluding hydrogens is 354 g/mol. The van der Waals surface area contributed by atoms with Crippen LogP contribution in [0.4, 0.5) is 5.82 Å². The first kappa shape index (κ1) is 18.2. The van der Waals surface area contributed by atoms with Crippen LogP contribution in [0.1, 0.15) is 19.3 Å². The summed E-state index contributed by atoms with van der Waals surface area (Å²) in [6, 6.07) is 3.67. The van der Waals surface area contributed by atoms with Crippen LogP contribution in [-0.4, -0.2) is 57.2 Å². The number of aromatic nitrogens is 5. The Morgan fingerprint density at radius 3 is 2.58 bits per heavy atom. The number of nitrogens with one attached hydrogen (secondary N) is 1. The van der Waals surface area contributed by atoms with Crippen LogP contribution in [0.3, 0.4) is 0 Å². The molecule has 3 N–H and O–H groups in total. The molecule has 1 aliphatic heterocycles. The number of rotatable bonds is 2. The Kier molecular flexibility index (Phi) is 5.43. The molecule has 0 aromatic carbocycles. The fourth-order valence-electron chi connectivity index (χ4n) is 2.69. The van der Waals surface area contributed by atoms with Crippen LogP contribution in [0.15, 0.2) is 30.7 Å². The second-order valence-corrected chi connectivity index (χ2v) is 8.00. The minimum Gasteiger partial charge on any atom is -0.383 e. The van der Waals surface area contributed by atoms with Gasteiger partial charge in [0.15, 0.2) is 5.65 Å². The van der Waals surface area contributed by atoms with E-state index in [4.69, 9.17) is 5.73 Å². The number of hydrogen-bond donors (Lipinski definition) is 2. The molecular formula is C16H21N7O2S. The maximum Gasteiger partial charge on any atom is 0.211 e. The van der Waals surface area contributed by atoms with Gasteiger partial charge in [-0.1, -0.05) is 6.42 Å². The quantitative estimate of drug-likeness (QED) is 0.692. The highest BCUT2D eigenvalue weighted by molar-refractivity contribution is 7.88. The number of anilines is 1. The summed E-state index contributed by atoms with van der Waals surface area (Å²) in [5, 5.41) is 6.60. The van der Waals surface area contributed by atoms with Crippen molar-refractivity contribution in [2.45, 2.75) is 19.3 Å². The van der Waals surface area contributed by atoms with Crippen molar-refractivity contribution in [2.75, 3.05) is 25.1 Å². The van der Waals surface area contributed by atoms with E-state index in [0.29, 0.717) is 22.7 Å². The second-order valence-electron chi connectivity index (χ2n) is 6.02. The van der Waals surface area contributed by atoms with Gasteiger partial charge in [0.25, 0.3) is 0 Å². The van der Waals surface area contributed by atoms with Crippen molar-refractivity contribution in [3.63, 3.8) is 0 Å². The normalized spacial score (nSPS) is 15.4. The van der Waals surface area contributed by atoms with E-state index in [1.807, 2.05) is 12.1 Å². The van der Waals surface area contributed by atoms with Crippen molar-refractivity contribution < 1.29 is 8.42 Å². The Balaban J connectivity index is 0.000000170. The lowest BCUT2D eigenvalue weighted by atomic mass is 10.2. The molecule has 0 bridgehead atoms. The number of nitrogens with zero attached hydrogens (tertiary/aromatic N) is 5. The molecule has 4 heterocycles. The van der Waals surface area contributed by atoms with E-state index in [2.05, 4.69) is 25.1 Å². The fourth-order valence-corrected chi connectivity index (χ4v) is 3.62. The van der Waals surface area contributed by atoms with Gasteiger partial charge in [-0.2, -0.15) is 5.10 Å². The maximum absolute atomic E-state index is 10.9. The molecule has 3 aromatic heterocycles. The predicted molar refractivity (Wildman–Crippen MR) is 99.6 cm³/mol. The SMILES string of the molecule is CS(=O)(=O)N1CCCCC1.Nc1ncccc1-c1cnc2[nH]ncc2n1. The third kappa shape index (κ3) is 4.33. The van der Waals surface area contributed by atoms with Gasteiger partial charge in [-0.15, -0.1) is 0 Å². The van der Waals surface area contributed by atoms with E-state index in [9.17, 15) is 8.42 Å². The lowest BCUT2D eigenvalue weighted by Crippen LogP contribution is -2.34. The summed E-state index contributed by atoms with van der Waals surface area (Å²) in [6.45, 7) is 1.44. The zero-order chi connectivity index (χ0) is 18.6. The lowest BCUT2D eigenvalue weighted by molar-refractivity contribution is 0.349. The van der Waals surface area contributed by atoms with Crippen LogP contribution in [0, 0.1) is 0 Å². The Bertz CT molecular complexity index is 981. The molecule has 1 aliphatic rings. The van der Waals surface area contributed by atoms with E-state index in [-0.39, 0.29) is 0 Å². The average Bonchev–Trinajstić information content (AvgIpc) is 3.10. The van der Waals surface area contributed by atoms with Gasteiger partial charge in [0.05, 0.1) is 24.3 Å². The molecule has 138 valence electrons. The van der Waals surface area contributed by atoms with E-state index in [1.165, 1.54) is 12.7 Å². The standard InChI is InChI=1S/C10H8N6.C6H13NO2S/c11-9-6(2-1-3-12-9)7-4-13-10-8(15-7)5-14-16-10;1-10(8,9)7-5-3-2-4-6-7/h1-5H,(H2,11,12)(H,13,14,16);2-6H2,1H3. The minimum absolute atomic E-state index is 0.444. The molecule has 1 fully saturated rings. The van der Waals surface area contributed by atoms with Gasteiger partial charge in [-0.3, -0.25) is 5.10 Å². The average molecular weight is 375 g/mol. The largest absolute Gasteiger partial charge is 0.383 e. The smallest absolute Gasteiger partial charge is 0.211 e. The van der Waals surface area contributed by atoms with Crippen LogP contribution in [0.5, 0.6) is 0 Å². The van der Waals surface area contributed by atoms with E-state index in [1.54, 1.807) is 22.9 Å². The van der Waals surface area contributed by atoms with Crippen LogP contribution in [-0.2, 0) is 10.0 Å². The van der Waals surface area contributed by atoms with Crippen LogP contribution >= 0.6 is 0 Å². The van der Waals surface area contributed by atoms with Crippen molar-refractivity contribution >= 4 is 27.0 Å². The molecule has 1 saturated heterocycles. The third-order valence-electron chi connectivity index (χ3n) is 4.06. The molecule has 0 amide bonds. The third-order valence-corrected chi connectivity index (χ3v) is 5.36. The number of hydrogen-bond acceptors (Lipinski definition) is 7. The topological polar surface area (TPSA) is 131 Å². The molecule has 4 rings (SSSR count). The minimum atomic E-state index is -2.89. The van der Waals surface area contributed by atoms with E-state index in [0.717, 1.165) is 31.5 Å². The number of sulfonamides is 1. The Hall–Kier alpha value is -2.59. The van der Waals surface area contributed by atoms with Gasteiger partial charge in [-0.05, 0) is 25.0 Å². The number of piperidine rings is 1. The molecule has 0 saturated carbocycles. The van der Waals surface area contributed by atoms with Gasteiger partial charge < -0.3 is 5.73 Å². The molecule has 9 nitrogen and oxygen atoms in total. The van der Waals surface area contributed by atoms with Crippen molar-refractivity contribution in [3.8, 4) is 11.3 Å². The molecule has 0 aliphatic carbocycles. The molecule has 0 spiro atoms. The first-order valence-electron chi connectivity index (χ1n) is 8.27. The Morgan fingerprint density at radius 2 is 1.92 bits per heavy atom. The van der Waals surface area contributed by atoms with E-state index >= 15 is 0 Å². The van der Waals surface area contributed by atoms with Crippen molar-refractivity contribution in [3.05, 3.63) is 30.7 Å². The van der Waals surface area contributed by atoms with Gasteiger partial charge >= 0.3 is 0 Å². The van der Waals surface area contributed by atoms with Gasteiger partial charge in [0, 0.05) is 24.8 Å². The number of nitrogens with two attached hydrogens (primary N) is 1. The lowest BCUT2D eigenvalue weighted by Gasteiger charge is -2.23. The molecule has 26 heavy (non-hydrogen) atoms. The summed E-state index contributed by atoms with van der Waals surface area (Å²) >= 11 is 0. The molecule has 10 heteroatoms. The van der Waals surface area contributed by atoms with Crippen molar-refractivity contribution in [2.24, 2.45) is 0 Å². The molecule has 0 radical (unpaired) electrons. The summed E-state index contributed by atoms with van der Waals surface area (Å²) in [5.74, 6) is 0.444. The molecule has 0 atom stereocenters. The highest BCUT2D eigenvalue weighted by Crippen LogP contribution is 2.22.